The van der Waals surface area contributed by atoms with Crippen LogP contribution in [-0.2, 0) is 25.7 Å². The van der Waals surface area contributed by atoms with E-state index < -0.39 is 17.9 Å². The van der Waals surface area contributed by atoms with E-state index in [-0.39, 0.29) is 30.8 Å². The van der Waals surface area contributed by atoms with Gasteiger partial charge in [-0.25, -0.2) is 0 Å². The molecule has 0 saturated heterocycles. The molecule has 6 heteroatoms. The molecule has 0 heterocycles. The van der Waals surface area contributed by atoms with E-state index in [9.17, 15) is 14.4 Å². The van der Waals surface area contributed by atoms with Gasteiger partial charge in [-0.1, -0.05) is 44.2 Å². The fourth-order valence-corrected chi connectivity index (χ4v) is 2.38. The molecule has 2 amide bonds. The van der Waals surface area contributed by atoms with Crippen LogP contribution < -0.4 is 5.32 Å². The topological polar surface area (TPSA) is 75.7 Å². The number of hydrogen-bond donors (Lipinski definition) is 1. The van der Waals surface area contributed by atoms with Crippen molar-refractivity contribution in [2.45, 2.75) is 39.8 Å². The Labute approximate surface area is 149 Å². The van der Waals surface area contributed by atoms with Crippen molar-refractivity contribution in [2.75, 3.05) is 14.1 Å². The molecule has 0 spiro atoms. The lowest BCUT2D eigenvalue weighted by atomic mass is 9.91. The fraction of sp³-hybridized carbons (Fsp3) is 0.526. The molecule has 0 aliphatic rings. The first-order valence-corrected chi connectivity index (χ1v) is 8.43. The maximum Gasteiger partial charge on any atom is 0.306 e. The van der Waals surface area contributed by atoms with Gasteiger partial charge in [0.25, 0.3) is 0 Å². The Hall–Kier alpha value is -2.37. The predicted molar refractivity (Wildman–Crippen MR) is 95.5 cm³/mol. The summed E-state index contributed by atoms with van der Waals surface area (Å²) in [4.78, 5) is 37.8. The molecule has 1 aromatic rings. The lowest BCUT2D eigenvalue weighted by Gasteiger charge is -2.23. The third-order valence-electron chi connectivity index (χ3n) is 3.94. The Morgan fingerprint density at radius 3 is 2.20 bits per heavy atom. The molecule has 0 radical (unpaired) electrons. The van der Waals surface area contributed by atoms with Crippen LogP contribution in [0.4, 0.5) is 0 Å². The van der Waals surface area contributed by atoms with Gasteiger partial charge in [0.2, 0.25) is 11.8 Å². The predicted octanol–water partition coefficient (Wildman–Crippen LogP) is 1.98. The third kappa shape index (κ3) is 6.95. The quantitative estimate of drug-likeness (QED) is 0.729. The molecule has 2 atom stereocenters. The second-order valence-corrected chi connectivity index (χ2v) is 6.66. The summed E-state index contributed by atoms with van der Waals surface area (Å²) in [5.74, 6) is -1.52. The van der Waals surface area contributed by atoms with Crippen LogP contribution in [0.25, 0.3) is 0 Å². The molecule has 0 aliphatic heterocycles. The maximum atomic E-state index is 12.4. The minimum absolute atomic E-state index is 0.0147. The molecule has 6 nitrogen and oxygen atoms in total. The average Bonchev–Trinajstić information content (AvgIpc) is 2.57. The Kier molecular flexibility index (Phi) is 8.11. The Balaban J connectivity index is 2.59. The minimum atomic E-state index is -0.635. The monoisotopic (exact) mass is 348 g/mol. The molecule has 25 heavy (non-hydrogen) atoms. The molecule has 0 aromatic heterocycles. The third-order valence-corrected chi connectivity index (χ3v) is 3.94. The normalized spacial score (nSPS) is 13.0. The largest absolute Gasteiger partial charge is 0.461 e. The first kappa shape index (κ1) is 20.7. The van der Waals surface area contributed by atoms with Crippen LogP contribution in [0.1, 0.15) is 32.8 Å². The highest BCUT2D eigenvalue weighted by atomic mass is 16.5. The molecule has 0 fully saturated rings. The summed E-state index contributed by atoms with van der Waals surface area (Å²) in [5.41, 5.74) is 0.895. The number of carbonyl (C=O) groups excluding carboxylic acids is 3. The van der Waals surface area contributed by atoms with Crippen LogP contribution in [-0.4, -0.2) is 42.8 Å². The van der Waals surface area contributed by atoms with Crippen LogP contribution >= 0.6 is 0 Å². The zero-order valence-corrected chi connectivity index (χ0v) is 15.6. The number of nitrogens with one attached hydrogen (secondary N) is 1. The SMILES string of the molecule is CC(C)[C@H](CC(=O)OCc1ccccc1)C(=O)N[C@@H](C)C(=O)N(C)C. The zero-order chi connectivity index (χ0) is 19.0. The lowest BCUT2D eigenvalue weighted by molar-refractivity contribution is -0.149. The van der Waals surface area contributed by atoms with Gasteiger partial charge in [0.05, 0.1) is 12.3 Å². The van der Waals surface area contributed by atoms with Crippen molar-refractivity contribution in [3.05, 3.63) is 35.9 Å². The van der Waals surface area contributed by atoms with Crippen LogP contribution in [0.2, 0.25) is 0 Å². The van der Waals surface area contributed by atoms with Gasteiger partial charge in [0, 0.05) is 14.1 Å². The first-order chi connectivity index (χ1) is 11.7. The molecular weight excluding hydrogens is 320 g/mol. The summed E-state index contributed by atoms with van der Waals surface area (Å²) >= 11 is 0. The minimum Gasteiger partial charge on any atom is -0.461 e. The van der Waals surface area contributed by atoms with Crippen molar-refractivity contribution in [3.63, 3.8) is 0 Å². The van der Waals surface area contributed by atoms with Crippen molar-refractivity contribution >= 4 is 17.8 Å². The molecule has 0 unspecified atom stereocenters. The average molecular weight is 348 g/mol. The summed E-state index contributed by atoms with van der Waals surface area (Å²) < 4.78 is 5.26. The molecular formula is C19H28N2O4. The van der Waals surface area contributed by atoms with Crippen LogP contribution in [0, 0.1) is 11.8 Å². The van der Waals surface area contributed by atoms with Crippen LogP contribution in [0.3, 0.4) is 0 Å². The summed E-state index contributed by atoms with van der Waals surface area (Å²) in [6.07, 6.45) is -0.0147. The molecule has 0 saturated carbocycles. The van der Waals surface area contributed by atoms with Gasteiger partial charge >= 0.3 is 5.97 Å². The molecule has 0 aliphatic carbocycles. The van der Waals surface area contributed by atoms with Crippen LogP contribution in [0.15, 0.2) is 30.3 Å². The van der Waals surface area contributed by atoms with Gasteiger partial charge in [-0.2, -0.15) is 0 Å². The summed E-state index contributed by atoms with van der Waals surface area (Å²) in [6.45, 7) is 5.55. The van der Waals surface area contributed by atoms with Crippen molar-refractivity contribution in [1.82, 2.24) is 10.2 Å². The van der Waals surface area contributed by atoms with Crippen molar-refractivity contribution in [2.24, 2.45) is 11.8 Å². The molecule has 0 bridgehead atoms. The van der Waals surface area contributed by atoms with Gasteiger partial charge in [-0.05, 0) is 18.4 Å². The van der Waals surface area contributed by atoms with E-state index in [0.29, 0.717) is 0 Å². The number of esters is 1. The van der Waals surface area contributed by atoms with E-state index in [1.165, 1.54) is 4.90 Å². The highest BCUT2D eigenvalue weighted by Gasteiger charge is 2.28. The van der Waals surface area contributed by atoms with E-state index in [4.69, 9.17) is 4.74 Å². The number of amides is 2. The van der Waals surface area contributed by atoms with Gasteiger partial charge in [-0.3, -0.25) is 14.4 Å². The highest BCUT2D eigenvalue weighted by Crippen LogP contribution is 2.17. The number of benzene rings is 1. The standard InChI is InChI=1S/C19H28N2O4/c1-13(2)16(18(23)20-14(3)19(24)21(4)5)11-17(22)25-12-15-9-7-6-8-10-15/h6-10,13-14,16H,11-12H2,1-5H3,(H,20,23)/t14-,16-/m0/s1. The Morgan fingerprint density at radius 1 is 1.08 bits per heavy atom. The highest BCUT2D eigenvalue weighted by molar-refractivity contribution is 5.89. The second kappa shape index (κ2) is 9.81. The van der Waals surface area contributed by atoms with Gasteiger partial charge in [0.15, 0.2) is 0 Å². The maximum absolute atomic E-state index is 12.4. The summed E-state index contributed by atoms with van der Waals surface area (Å²) in [5, 5.41) is 2.68. The van der Waals surface area contributed by atoms with E-state index in [0.717, 1.165) is 5.56 Å². The molecule has 1 N–H and O–H groups in total. The smallest absolute Gasteiger partial charge is 0.306 e. The number of ether oxygens (including phenoxy) is 1. The fourth-order valence-electron chi connectivity index (χ4n) is 2.38. The number of rotatable bonds is 8. The summed E-state index contributed by atoms with van der Waals surface area (Å²) in [7, 11) is 3.26. The number of nitrogens with zero attached hydrogens (tertiary/aromatic N) is 1. The van der Waals surface area contributed by atoms with Crippen molar-refractivity contribution in [1.29, 1.82) is 0 Å². The molecule has 138 valence electrons. The number of likely N-dealkylation sites (N-methyl/N-ethyl adjacent to an activating group) is 1. The van der Waals surface area contributed by atoms with E-state index in [1.54, 1.807) is 21.0 Å². The van der Waals surface area contributed by atoms with E-state index in [2.05, 4.69) is 5.32 Å². The molecule has 1 rings (SSSR count). The van der Waals surface area contributed by atoms with Gasteiger partial charge in [0.1, 0.15) is 12.6 Å². The van der Waals surface area contributed by atoms with Crippen molar-refractivity contribution in [3.8, 4) is 0 Å². The number of carbonyl (C=O) groups is 3. The Bertz CT molecular complexity index is 584. The molecule has 1 aromatic carbocycles. The first-order valence-electron chi connectivity index (χ1n) is 8.43. The van der Waals surface area contributed by atoms with Gasteiger partial charge < -0.3 is 15.0 Å². The summed E-state index contributed by atoms with van der Waals surface area (Å²) in [6, 6.07) is 8.74. The van der Waals surface area contributed by atoms with Crippen molar-refractivity contribution < 1.29 is 19.1 Å². The van der Waals surface area contributed by atoms with E-state index in [1.807, 2.05) is 44.2 Å². The lowest BCUT2D eigenvalue weighted by Crippen LogP contribution is -2.47. The Morgan fingerprint density at radius 2 is 1.68 bits per heavy atom. The van der Waals surface area contributed by atoms with E-state index >= 15 is 0 Å². The number of hydrogen-bond acceptors (Lipinski definition) is 4. The zero-order valence-electron chi connectivity index (χ0n) is 15.6. The second-order valence-electron chi connectivity index (χ2n) is 6.66. The van der Waals surface area contributed by atoms with Crippen LogP contribution in [0.5, 0.6) is 0 Å². The van der Waals surface area contributed by atoms with Gasteiger partial charge in [-0.15, -0.1) is 0 Å².